The van der Waals surface area contributed by atoms with Crippen LogP contribution in [0.3, 0.4) is 0 Å². The van der Waals surface area contributed by atoms with Gasteiger partial charge in [-0.3, -0.25) is 29.8 Å². The lowest BCUT2D eigenvalue weighted by atomic mass is 10.3. The van der Waals surface area contributed by atoms with E-state index in [-0.39, 0.29) is 4.91 Å². The van der Waals surface area contributed by atoms with Gasteiger partial charge in [0.2, 0.25) is 0 Å². The number of rotatable bonds is 6. The summed E-state index contributed by atoms with van der Waals surface area (Å²) in [4.78, 5) is 44.6. The molecule has 4 N–H and O–H groups in total. The summed E-state index contributed by atoms with van der Waals surface area (Å²) in [5, 5.41) is 4.66. The normalized spacial score (nSPS) is 16.5. The van der Waals surface area contributed by atoms with E-state index in [1.807, 2.05) is 0 Å². The van der Waals surface area contributed by atoms with Gasteiger partial charge in [-0.25, -0.2) is 4.31 Å². The molecule has 3 amide bonds. The van der Waals surface area contributed by atoms with Gasteiger partial charge in [0.25, 0.3) is 23.5 Å². The Labute approximate surface area is 107 Å². The fourth-order valence-electron chi connectivity index (χ4n) is 1.28. The Morgan fingerprint density at radius 1 is 1.50 bits per heavy atom. The molecule has 0 spiro atoms. The van der Waals surface area contributed by atoms with Crippen LogP contribution in [0.1, 0.15) is 0 Å². The van der Waals surface area contributed by atoms with E-state index < -0.39 is 29.7 Å². The summed E-state index contributed by atoms with van der Waals surface area (Å²) in [6.45, 7) is 0. The number of hydrogen-bond donors (Lipinski definition) is 3. The maximum atomic E-state index is 11.5. The van der Waals surface area contributed by atoms with Crippen molar-refractivity contribution in [1.29, 1.82) is 0 Å². The molecule has 0 aliphatic carbocycles. The second kappa shape index (κ2) is 5.76. The molecule has 1 atom stereocenters. The first-order valence-electron chi connectivity index (χ1n) is 4.85. The van der Waals surface area contributed by atoms with E-state index in [0.717, 1.165) is 18.0 Å². The van der Waals surface area contributed by atoms with Gasteiger partial charge in [-0.15, -0.1) is 0 Å². The Hall–Kier alpha value is -1.71. The van der Waals surface area contributed by atoms with Gasteiger partial charge in [0.15, 0.2) is 0 Å². The molecular weight excluding hydrogens is 260 g/mol. The Morgan fingerprint density at radius 3 is 2.50 bits per heavy atom. The number of nitrogens with two attached hydrogens (primary N) is 1. The van der Waals surface area contributed by atoms with Crippen LogP contribution >= 0.6 is 11.9 Å². The maximum absolute atomic E-state index is 11.5. The van der Waals surface area contributed by atoms with Crippen molar-refractivity contribution in [2.24, 2.45) is 5.73 Å². The van der Waals surface area contributed by atoms with Crippen molar-refractivity contribution in [3.63, 3.8) is 0 Å². The summed E-state index contributed by atoms with van der Waals surface area (Å²) >= 11 is 0.868. The summed E-state index contributed by atoms with van der Waals surface area (Å²) in [5.41, 5.74) is 4.90. The molecule has 9 heteroatoms. The van der Waals surface area contributed by atoms with Crippen LogP contribution < -0.4 is 16.4 Å². The number of imide groups is 1. The molecule has 0 bridgehead atoms. The predicted octanol–water partition coefficient (Wildman–Crippen LogP) is -2.29. The Morgan fingerprint density at radius 2 is 2.11 bits per heavy atom. The smallest absolute Gasteiger partial charge is 0.288 e. The number of likely N-dealkylation sites (N-methyl/N-ethyl adjacent to an activating group) is 2. The van der Waals surface area contributed by atoms with E-state index >= 15 is 0 Å². The number of nitrogens with zero attached hydrogens (tertiary/aromatic N) is 1. The number of hydrogen-bond acceptors (Lipinski definition) is 7. The first kappa shape index (κ1) is 14.4. The molecule has 0 saturated carbocycles. The lowest BCUT2D eigenvalue weighted by Gasteiger charge is -2.23. The van der Waals surface area contributed by atoms with Gasteiger partial charge in [0.1, 0.15) is 6.17 Å². The summed E-state index contributed by atoms with van der Waals surface area (Å²) in [7, 11) is 2.96. The van der Waals surface area contributed by atoms with Crippen LogP contribution in [0.4, 0.5) is 0 Å². The minimum Gasteiger partial charge on any atom is -0.363 e. The average Bonchev–Trinajstić information content (AvgIpc) is 2.58. The van der Waals surface area contributed by atoms with E-state index in [1.54, 1.807) is 0 Å². The Kier molecular flexibility index (Phi) is 4.59. The third-order valence-corrected chi connectivity index (χ3v) is 3.09. The van der Waals surface area contributed by atoms with Crippen molar-refractivity contribution in [1.82, 2.24) is 14.9 Å². The summed E-state index contributed by atoms with van der Waals surface area (Å²) < 4.78 is 1.33. The average molecular weight is 272 g/mol. The van der Waals surface area contributed by atoms with Crippen LogP contribution in [0, 0.1) is 0 Å². The highest BCUT2D eigenvalue weighted by molar-refractivity contribution is 8.01. The summed E-state index contributed by atoms with van der Waals surface area (Å²) in [6, 6.07) is 0. The lowest BCUT2D eigenvalue weighted by molar-refractivity contribution is -0.138. The minimum atomic E-state index is -1.08. The Balaban J connectivity index is 2.75. The van der Waals surface area contributed by atoms with Crippen LogP contribution in [0.25, 0.3) is 0 Å². The van der Waals surface area contributed by atoms with Gasteiger partial charge in [0.05, 0.1) is 4.91 Å². The molecule has 1 unspecified atom stereocenters. The van der Waals surface area contributed by atoms with Gasteiger partial charge in [-0.05, 0) is 26.0 Å². The van der Waals surface area contributed by atoms with Crippen molar-refractivity contribution >= 4 is 35.5 Å². The molecule has 8 nitrogen and oxygen atoms in total. The predicted molar refractivity (Wildman–Crippen MR) is 63.6 cm³/mol. The van der Waals surface area contributed by atoms with Crippen LogP contribution in [0.5, 0.6) is 0 Å². The molecule has 0 saturated heterocycles. The molecule has 18 heavy (non-hydrogen) atoms. The quantitative estimate of drug-likeness (QED) is 0.215. The van der Waals surface area contributed by atoms with E-state index in [4.69, 9.17) is 5.73 Å². The number of Topliss-reactive ketones (excluding diaryl/α,β-unsaturated/α-hetero) is 1. The first-order chi connectivity index (χ1) is 8.36. The van der Waals surface area contributed by atoms with Gasteiger partial charge in [0, 0.05) is 6.08 Å². The second-order valence-electron chi connectivity index (χ2n) is 3.38. The number of primary amides is 1. The molecular formula is C9H12N4O4S. The van der Waals surface area contributed by atoms with Crippen molar-refractivity contribution in [2.45, 2.75) is 6.17 Å². The van der Waals surface area contributed by atoms with Gasteiger partial charge in [-0.2, -0.15) is 0 Å². The van der Waals surface area contributed by atoms with E-state index in [1.165, 1.54) is 18.4 Å². The van der Waals surface area contributed by atoms with Gasteiger partial charge >= 0.3 is 0 Å². The SMILES string of the molecule is CNC(C(=O)C(N)=O)N(C)SC1=CC(=O)NC1=O. The van der Waals surface area contributed by atoms with Gasteiger partial charge in [-0.1, -0.05) is 0 Å². The highest BCUT2D eigenvalue weighted by Crippen LogP contribution is 2.23. The van der Waals surface area contributed by atoms with Gasteiger partial charge < -0.3 is 5.73 Å². The fraction of sp³-hybridized carbons (Fsp3) is 0.333. The standard InChI is InChI=1S/C9H12N4O4S/c1-11-8(6(15)7(10)16)13(2)18-4-3-5(14)12-9(4)17/h3,8,11H,1-2H3,(H2,10,16)(H,12,14,17). The van der Waals surface area contributed by atoms with Crippen LogP contribution in [-0.2, 0) is 19.2 Å². The largest absolute Gasteiger partial charge is 0.363 e. The molecule has 1 heterocycles. The summed E-state index contributed by atoms with van der Waals surface area (Å²) in [5.74, 6) is -2.98. The molecule has 1 aliphatic rings. The Bertz CT molecular complexity index is 448. The maximum Gasteiger partial charge on any atom is 0.288 e. The van der Waals surface area contributed by atoms with E-state index in [2.05, 4.69) is 10.6 Å². The van der Waals surface area contributed by atoms with Crippen molar-refractivity contribution < 1.29 is 19.2 Å². The molecule has 1 rings (SSSR count). The highest BCUT2D eigenvalue weighted by Gasteiger charge is 2.30. The van der Waals surface area contributed by atoms with E-state index in [9.17, 15) is 19.2 Å². The molecule has 1 aliphatic heterocycles. The number of carbonyl (C=O) groups is 4. The molecule has 0 aromatic carbocycles. The minimum absolute atomic E-state index is 0.139. The fourth-order valence-corrected chi connectivity index (χ4v) is 2.19. The zero-order chi connectivity index (χ0) is 13.9. The first-order valence-corrected chi connectivity index (χ1v) is 5.63. The molecule has 0 fully saturated rings. The third kappa shape index (κ3) is 3.15. The van der Waals surface area contributed by atoms with Crippen molar-refractivity contribution in [2.75, 3.05) is 14.1 Å². The second-order valence-corrected chi connectivity index (χ2v) is 4.58. The van der Waals surface area contributed by atoms with Crippen LogP contribution in [0.2, 0.25) is 0 Å². The lowest BCUT2D eigenvalue weighted by Crippen LogP contribution is -2.49. The number of amides is 3. The monoisotopic (exact) mass is 272 g/mol. The van der Waals surface area contributed by atoms with Crippen molar-refractivity contribution in [3.8, 4) is 0 Å². The zero-order valence-corrected chi connectivity index (χ0v) is 10.5. The van der Waals surface area contributed by atoms with E-state index in [0.29, 0.717) is 0 Å². The topological polar surface area (TPSA) is 122 Å². The van der Waals surface area contributed by atoms with Crippen molar-refractivity contribution in [3.05, 3.63) is 11.0 Å². The molecule has 98 valence electrons. The van der Waals surface area contributed by atoms with Crippen LogP contribution in [0.15, 0.2) is 11.0 Å². The number of nitrogens with one attached hydrogen (secondary N) is 2. The third-order valence-electron chi connectivity index (χ3n) is 2.09. The summed E-state index contributed by atoms with van der Waals surface area (Å²) in [6.07, 6.45) is 0.141. The number of carbonyl (C=O) groups excluding carboxylic acids is 4. The molecule has 0 aromatic rings. The van der Waals surface area contributed by atoms with Crippen LogP contribution in [-0.4, -0.2) is 48.1 Å². The molecule has 0 radical (unpaired) electrons. The highest BCUT2D eigenvalue weighted by atomic mass is 32.2. The number of ketones is 1. The molecule has 0 aromatic heterocycles. The zero-order valence-electron chi connectivity index (χ0n) is 9.72.